The number of hydrogen-bond acceptors (Lipinski definition) is 9. The van der Waals surface area contributed by atoms with E-state index in [2.05, 4.69) is 4.74 Å². The van der Waals surface area contributed by atoms with Crippen LogP contribution in [0.3, 0.4) is 0 Å². The number of hydrogen-bond donors (Lipinski definition) is 4. The molecule has 0 bridgehead atoms. The molecule has 33 heavy (non-hydrogen) atoms. The van der Waals surface area contributed by atoms with Crippen LogP contribution < -0.4 is 0 Å². The second kappa shape index (κ2) is 15.1. The van der Waals surface area contributed by atoms with E-state index in [4.69, 9.17) is 29.9 Å². The minimum Gasteiger partial charge on any atom is -0.478 e. The van der Waals surface area contributed by atoms with Gasteiger partial charge in [-0.25, -0.2) is 19.2 Å². The quantitative estimate of drug-likeness (QED) is 0.276. The van der Waals surface area contributed by atoms with Gasteiger partial charge in [-0.3, -0.25) is 0 Å². The molecule has 0 aliphatic rings. The van der Waals surface area contributed by atoms with Gasteiger partial charge in [-0.15, -0.1) is 0 Å². The van der Waals surface area contributed by atoms with Crippen molar-refractivity contribution in [1.82, 2.24) is 0 Å². The molecule has 0 spiro atoms. The number of carbonyl (C=O) groups excluding carboxylic acids is 2. The van der Waals surface area contributed by atoms with Crippen molar-refractivity contribution >= 4 is 23.9 Å². The summed E-state index contributed by atoms with van der Waals surface area (Å²) in [5.41, 5.74) is -0.218. The zero-order valence-corrected chi connectivity index (χ0v) is 17.5. The van der Waals surface area contributed by atoms with E-state index in [-0.39, 0.29) is 61.9 Å². The number of carboxylic acid groups (broad SMARTS) is 2. The van der Waals surface area contributed by atoms with Gasteiger partial charge >= 0.3 is 23.9 Å². The van der Waals surface area contributed by atoms with Crippen LogP contribution in [0, 0.1) is 0 Å². The SMILES string of the molecule is O=C(O)c1ccccc1C(=O)OCCO.O=C(O)c1ccccc1C(=O)OCCOCCO. The lowest BCUT2D eigenvalue weighted by Gasteiger charge is -2.07. The van der Waals surface area contributed by atoms with Crippen LogP contribution in [-0.4, -0.2) is 83.9 Å². The van der Waals surface area contributed by atoms with E-state index in [1.54, 1.807) is 12.1 Å². The number of aliphatic hydroxyl groups is 2. The Morgan fingerprint density at radius 2 is 0.970 bits per heavy atom. The van der Waals surface area contributed by atoms with E-state index < -0.39 is 23.9 Å². The minimum atomic E-state index is -1.19. The van der Waals surface area contributed by atoms with Crippen molar-refractivity contribution in [3.05, 3.63) is 70.8 Å². The van der Waals surface area contributed by atoms with E-state index >= 15 is 0 Å². The molecule has 0 atom stereocenters. The van der Waals surface area contributed by atoms with Crippen LogP contribution in [0.4, 0.5) is 0 Å². The first-order chi connectivity index (χ1) is 15.8. The number of esters is 2. The summed E-state index contributed by atoms with van der Waals surface area (Å²) in [6.07, 6.45) is 0. The largest absolute Gasteiger partial charge is 0.478 e. The summed E-state index contributed by atoms with van der Waals surface area (Å²) in [7, 11) is 0. The second-order valence-corrected chi connectivity index (χ2v) is 6.03. The van der Waals surface area contributed by atoms with Crippen LogP contribution >= 0.6 is 0 Å². The monoisotopic (exact) mass is 464 g/mol. The molecule has 0 saturated carbocycles. The maximum absolute atomic E-state index is 11.6. The lowest BCUT2D eigenvalue weighted by molar-refractivity contribution is 0.0254. The summed E-state index contributed by atoms with van der Waals surface area (Å²) in [6, 6.07) is 11.6. The highest BCUT2D eigenvalue weighted by Crippen LogP contribution is 2.11. The third-order valence-electron chi connectivity index (χ3n) is 3.78. The van der Waals surface area contributed by atoms with Gasteiger partial charge in [0.2, 0.25) is 0 Å². The van der Waals surface area contributed by atoms with E-state index in [0.717, 1.165) is 0 Å². The highest BCUT2D eigenvalue weighted by Gasteiger charge is 2.17. The Morgan fingerprint density at radius 1 is 0.576 bits per heavy atom. The molecule has 0 aliphatic carbocycles. The molecule has 0 saturated heterocycles. The summed E-state index contributed by atoms with van der Waals surface area (Å²) in [5, 5.41) is 34.6. The molecule has 0 aromatic heterocycles. The van der Waals surface area contributed by atoms with Crippen LogP contribution in [0.15, 0.2) is 48.5 Å². The number of rotatable bonds is 11. The number of carbonyl (C=O) groups is 4. The first-order valence-electron chi connectivity index (χ1n) is 9.61. The van der Waals surface area contributed by atoms with Crippen molar-refractivity contribution in [2.75, 3.05) is 39.6 Å². The summed E-state index contributed by atoms with van der Waals surface area (Å²) < 4.78 is 14.4. The van der Waals surface area contributed by atoms with Crippen molar-refractivity contribution in [2.24, 2.45) is 0 Å². The third-order valence-corrected chi connectivity index (χ3v) is 3.78. The molecular weight excluding hydrogens is 440 g/mol. The number of ether oxygens (including phenoxy) is 3. The van der Waals surface area contributed by atoms with Gasteiger partial charge in [0.15, 0.2) is 0 Å². The van der Waals surface area contributed by atoms with Gasteiger partial charge in [0.1, 0.15) is 13.2 Å². The maximum atomic E-state index is 11.6. The van der Waals surface area contributed by atoms with Gasteiger partial charge < -0.3 is 34.6 Å². The predicted molar refractivity (Wildman–Crippen MR) is 112 cm³/mol. The van der Waals surface area contributed by atoms with E-state index in [0.29, 0.717) is 0 Å². The molecule has 4 N–H and O–H groups in total. The second-order valence-electron chi connectivity index (χ2n) is 6.03. The predicted octanol–water partition coefficient (Wildman–Crippen LogP) is 1.08. The zero-order chi connectivity index (χ0) is 24.6. The molecule has 0 unspecified atom stereocenters. The molecule has 0 aliphatic heterocycles. The molecule has 178 valence electrons. The van der Waals surface area contributed by atoms with Gasteiger partial charge in [-0.2, -0.15) is 0 Å². The van der Waals surface area contributed by atoms with Crippen LogP contribution in [0.5, 0.6) is 0 Å². The summed E-state index contributed by atoms with van der Waals surface area (Å²) in [4.78, 5) is 44.6. The van der Waals surface area contributed by atoms with Gasteiger partial charge in [0, 0.05) is 0 Å². The molecule has 0 amide bonds. The average Bonchev–Trinajstić information content (AvgIpc) is 2.82. The van der Waals surface area contributed by atoms with Crippen molar-refractivity contribution in [1.29, 1.82) is 0 Å². The van der Waals surface area contributed by atoms with Gasteiger partial charge in [0.05, 0.1) is 48.7 Å². The zero-order valence-electron chi connectivity index (χ0n) is 17.5. The molecular formula is C22H24O11. The van der Waals surface area contributed by atoms with Crippen molar-refractivity contribution in [2.45, 2.75) is 0 Å². The number of benzene rings is 2. The minimum absolute atomic E-state index is 0.00663. The Bertz CT molecular complexity index is 939. The lowest BCUT2D eigenvalue weighted by Crippen LogP contribution is -2.15. The van der Waals surface area contributed by atoms with E-state index in [1.807, 2.05) is 0 Å². The highest BCUT2D eigenvalue weighted by molar-refractivity contribution is 6.03. The molecule has 11 heteroatoms. The van der Waals surface area contributed by atoms with Gasteiger partial charge in [0.25, 0.3) is 0 Å². The fourth-order valence-corrected chi connectivity index (χ4v) is 2.35. The van der Waals surface area contributed by atoms with E-state index in [1.165, 1.54) is 36.4 Å². The third kappa shape index (κ3) is 9.47. The lowest BCUT2D eigenvalue weighted by atomic mass is 10.1. The fourth-order valence-electron chi connectivity index (χ4n) is 2.35. The highest BCUT2D eigenvalue weighted by atomic mass is 16.6. The topological polar surface area (TPSA) is 177 Å². The van der Waals surface area contributed by atoms with Crippen LogP contribution in [-0.2, 0) is 14.2 Å². The molecule has 2 aromatic carbocycles. The molecule has 0 radical (unpaired) electrons. The standard InChI is InChI=1S/C12H14O6.C10H10O5/c13-5-6-17-7-8-18-12(16)10-4-2-1-3-9(10)11(14)15;11-5-6-15-10(14)8-4-2-1-3-7(8)9(12)13/h1-4,13H,5-8H2,(H,14,15);1-4,11H,5-6H2,(H,12,13). The van der Waals surface area contributed by atoms with Gasteiger partial charge in [-0.1, -0.05) is 24.3 Å². The summed E-state index contributed by atoms with van der Waals surface area (Å²) in [6.45, 7) is -0.207. The van der Waals surface area contributed by atoms with Gasteiger partial charge in [-0.05, 0) is 24.3 Å². The smallest absolute Gasteiger partial charge is 0.339 e. The molecule has 0 fully saturated rings. The van der Waals surface area contributed by atoms with Crippen LogP contribution in [0.1, 0.15) is 41.4 Å². The Labute approximate surface area is 188 Å². The molecule has 0 heterocycles. The number of carboxylic acids is 2. The first-order valence-corrected chi connectivity index (χ1v) is 9.61. The Balaban J connectivity index is 0.000000335. The van der Waals surface area contributed by atoms with Crippen molar-refractivity contribution < 1.29 is 53.8 Å². The number of aromatic carboxylic acids is 2. The van der Waals surface area contributed by atoms with Crippen LogP contribution in [0.25, 0.3) is 0 Å². The first kappa shape index (κ1) is 27.2. The maximum Gasteiger partial charge on any atom is 0.339 e. The van der Waals surface area contributed by atoms with Crippen LogP contribution in [0.2, 0.25) is 0 Å². The number of aliphatic hydroxyl groups excluding tert-OH is 2. The summed E-state index contributed by atoms with van der Waals surface area (Å²) in [5.74, 6) is -3.83. The van der Waals surface area contributed by atoms with Crippen molar-refractivity contribution in [3.63, 3.8) is 0 Å². The van der Waals surface area contributed by atoms with Crippen molar-refractivity contribution in [3.8, 4) is 0 Å². The van der Waals surface area contributed by atoms with E-state index in [9.17, 15) is 19.2 Å². The molecule has 2 rings (SSSR count). The molecule has 2 aromatic rings. The Morgan fingerprint density at radius 3 is 1.36 bits per heavy atom. The normalized spacial score (nSPS) is 9.88. The Hall–Kier alpha value is -3.80. The Kier molecular flexibility index (Phi) is 12.4. The fraction of sp³-hybridized carbons (Fsp3) is 0.273. The summed E-state index contributed by atoms with van der Waals surface area (Å²) >= 11 is 0. The molecule has 11 nitrogen and oxygen atoms in total. The average molecular weight is 464 g/mol.